The molecule has 12 heavy (non-hydrogen) atoms. The Hall–Kier alpha value is -0.120. The summed E-state index contributed by atoms with van der Waals surface area (Å²) in [5.41, 5.74) is 0. The maximum atomic E-state index is 9.91. The second-order valence-corrected chi connectivity index (χ2v) is 3.72. The summed E-state index contributed by atoms with van der Waals surface area (Å²) in [6.45, 7) is 3.52. The van der Waals surface area contributed by atoms with Gasteiger partial charge in [-0.25, -0.2) is 4.90 Å². The van der Waals surface area contributed by atoms with Crippen molar-refractivity contribution < 1.29 is 9.84 Å². The van der Waals surface area contributed by atoms with Crippen molar-refractivity contribution in [3.05, 3.63) is 0 Å². The van der Waals surface area contributed by atoms with E-state index in [4.69, 9.17) is 4.74 Å². The number of hydrogen-bond acceptors (Lipinski definition) is 3. The highest BCUT2D eigenvalue weighted by molar-refractivity contribution is 4.94. The van der Waals surface area contributed by atoms with Crippen molar-refractivity contribution in [2.24, 2.45) is 0 Å². The molecule has 0 aromatic carbocycles. The van der Waals surface area contributed by atoms with Crippen LogP contribution in [0.4, 0.5) is 0 Å². The summed E-state index contributed by atoms with van der Waals surface area (Å²) in [5.74, 6) is -0.903. The molecule has 3 heteroatoms. The molecule has 2 aliphatic rings. The van der Waals surface area contributed by atoms with Crippen LogP contribution in [-0.2, 0) is 4.74 Å². The molecule has 2 saturated heterocycles. The first-order valence-electron chi connectivity index (χ1n) is 4.89. The lowest BCUT2D eigenvalue weighted by Gasteiger charge is -2.56. The summed E-state index contributed by atoms with van der Waals surface area (Å²) < 4.78 is 5.32. The zero-order valence-electron chi connectivity index (χ0n) is 7.62. The lowest BCUT2D eigenvalue weighted by Crippen LogP contribution is -2.68. The van der Waals surface area contributed by atoms with Crippen LogP contribution < -0.4 is 0 Å². The number of piperidine rings is 1. The monoisotopic (exact) mass is 171 g/mol. The molecule has 2 unspecified atom stereocenters. The van der Waals surface area contributed by atoms with E-state index in [0.717, 1.165) is 13.0 Å². The van der Waals surface area contributed by atoms with Gasteiger partial charge >= 0.3 is 0 Å². The van der Waals surface area contributed by atoms with Gasteiger partial charge in [0.2, 0.25) is 5.91 Å². The van der Waals surface area contributed by atoms with Crippen molar-refractivity contribution in [1.82, 2.24) is 4.90 Å². The average molecular weight is 171 g/mol. The van der Waals surface area contributed by atoms with Crippen molar-refractivity contribution in [2.45, 2.75) is 44.6 Å². The number of aliphatic hydroxyl groups is 1. The predicted molar refractivity (Wildman–Crippen MR) is 45.5 cm³/mol. The lowest BCUT2D eigenvalue weighted by atomic mass is 9.88. The molecule has 0 bridgehead atoms. The minimum Gasteiger partial charge on any atom is -0.353 e. The second kappa shape index (κ2) is 2.98. The van der Waals surface area contributed by atoms with Crippen molar-refractivity contribution in [3.63, 3.8) is 0 Å². The quantitative estimate of drug-likeness (QED) is 0.627. The van der Waals surface area contributed by atoms with Crippen LogP contribution in [0.5, 0.6) is 0 Å². The van der Waals surface area contributed by atoms with Gasteiger partial charge in [-0.2, -0.15) is 0 Å². The minimum absolute atomic E-state index is 0.593. The molecule has 2 heterocycles. The first-order chi connectivity index (χ1) is 5.76. The highest BCUT2D eigenvalue weighted by Crippen LogP contribution is 2.40. The zero-order chi connectivity index (χ0) is 8.60. The lowest BCUT2D eigenvalue weighted by molar-refractivity contribution is -0.368. The van der Waals surface area contributed by atoms with Crippen LogP contribution in [0.1, 0.15) is 32.6 Å². The highest BCUT2D eigenvalue weighted by Gasteiger charge is 2.52. The molecule has 0 spiro atoms. The van der Waals surface area contributed by atoms with Gasteiger partial charge in [0.1, 0.15) is 0 Å². The number of fused-ring (bicyclic) bond motifs is 1. The highest BCUT2D eigenvalue weighted by atomic mass is 16.7. The summed E-state index contributed by atoms with van der Waals surface area (Å²) in [7, 11) is 0. The van der Waals surface area contributed by atoms with Crippen LogP contribution in [0.15, 0.2) is 0 Å². The molecular weight excluding hydrogens is 154 g/mol. The van der Waals surface area contributed by atoms with Gasteiger partial charge in [-0.15, -0.1) is 0 Å². The van der Waals surface area contributed by atoms with Gasteiger partial charge in [0.25, 0.3) is 0 Å². The molecule has 1 N–H and O–H groups in total. The molecule has 0 aromatic heterocycles. The van der Waals surface area contributed by atoms with Crippen molar-refractivity contribution >= 4 is 0 Å². The summed E-state index contributed by atoms with van der Waals surface area (Å²) in [6, 6.07) is 0.593. The van der Waals surface area contributed by atoms with E-state index >= 15 is 0 Å². The Morgan fingerprint density at radius 1 is 1.58 bits per heavy atom. The maximum absolute atomic E-state index is 9.91. The average Bonchev–Trinajstić information content (AvgIpc) is 2.04. The molecule has 3 nitrogen and oxygen atoms in total. The first kappa shape index (κ1) is 8.48. The van der Waals surface area contributed by atoms with E-state index in [1.165, 1.54) is 19.3 Å². The van der Waals surface area contributed by atoms with Crippen molar-refractivity contribution in [3.8, 4) is 0 Å². The van der Waals surface area contributed by atoms with Gasteiger partial charge < -0.3 is 9.84 Å². The normalized spacial score (nSPS) is 42.0. The third-order valence-electron chi connectivity index (χ3n) is 2.95. The van der Waals surface area contributed by atoms with Crippen LogP contribution >= 0.6 is 0 Å². The largest absolute Gasteiger partial charge is 0.353 e. The third kappa shape index (κ3) is 1.16. The van der Waals surface area contributed by atoms with Crippen LogP contribution in [0.25, 0.3) is 0 Å². The standard InChI is InChI=1S/C9H17NO2/c1-2-12-9(11)7-8-5-3-4-6-10(8)9/h8,11H,2-7H2,1H3. The van der Waals surface area contributed by atoms with Crippen molar-refractivity contribution in [1.29, 1.82) is 0 Å². The molecule has 2 aliphatic heterocycles. The Morgan fingerprint density at radius 2 is 2.42 bits per heavy atom. The molecule has 2 rings (SSSR count). The molecule has 2 atom stereocenters. The fourth-order valence-corrected chi connectivity index (χ4v) is 2.36. The zero-order valence-corrected chi connectivity index (χ0v) is 7.62. The Morgan fingerprint density at radius 3 is 3.08 bits per heavy atom. The summed E-state index contributed by atoms with van der Waals surface area (Å²) in [6.07, 6.45) is 4.55. The van der Waals surface area contributed by atoms with E-state index in [-0.39, 0.29) is 0 Å². The van der Waals surface area contributed by atoms with Crippen LogP contribution in [0, 0.1) is 0 Å². The number of ether oxygens (including phenoxy) is 1. The molecule has 2 fully saturated rings. The van der Waals surface area contributed by atoms with E-state index in [1.807, 2.05) is 6.92 Å². The molecular formula is C9H17NO2. The number of nitrogens with zero attached hydrogens (tertiary/aromatic N) is 1. The van der Waals surface area contributed by atoms with E-state index in [2.05, 4.69) is 4.90 Å². The van der Waals surface area contributed by atoms with E-state index < -0.39 is 5.91 Å². The molecule has 0 aliphatic carbocycles. The Bertz CT molecular complexity index is 174. The third-order valence-corrected chi connectivity index (χ3v) is 2.95. The first-order valence-corrected chi connectivity index (χ1v) is 4.89. The summed E-state index contributed by atoms with van der Waals surface area (Å²) in [5, 5.41) is 9.91. The van der Waals surface area contributed by atoms with Gasteiger partial charge in [-0.05, 0) is 19.8 Å². The second-order valence-electron chi connectivity index (χ2n) is 3.72. The summed E-state index contributed by atoms with van der Waals surface area (Å²) in [4.78, 5) is 2.10. The van der Waals surface area contributed by atoms with Crippen LogP contribution in [0.3, 0.4) is 0 Å². The fourth-order valence-electron chi connectivity index (χ4n) is 2.36. The maximum Gasteiger partial charge on any atom is 0.229 e. The Labute approximate surface area is 73.3 Å². The van der Waals surface area contributed by atoms with Gasteiger partial charge in [0, 0.05) is 25.6 Å². The van der Waals surface area contributed by atoms with Crippen LogP contribution in [-0.4, -0.2) is 35.1 Å². The van der Waals surface area contributed by atoms with E-state index in [1.54, 1.807) is 0 Å². The predicted octanol–water partition coefficient (Wildman–Crippen LogP) is 0.927. The number of hydrogen-bond donors (Lipinski definition) is 1. The molecule has 0 amide bonds. The van der Waals surface area contributed by atoms with Gasteiger partial charge in [0.05, 0.1) is 0 Å². The SMILES string of the molecule is CCOC1(O)CC2CCCCN21. The van der Waals surface area contributed by atoms with Gasteiger partial charge in [-0.1, -0.05) is 6.42 Å². The molecule has 0 saturated carbocycles. The fraction of sp³-hybridized carbons (Fsp3) is 1.00. The smallest absolute Gasteiger partial charge is 0.229 e. The van der Waals surface area contributed by atoms with E-state index in [9.17, 15) is 5.11 Å². The molecule has 70 valence electrons. The van der Waals surface area contributed by atoms with Crippen molar-refractivity contribution in [2.75, 3.05) is 13.2 Å². The molecule has 0 aromatic rings. The van der Waals surface area contributed by atoms with Gasteiger partial charge in [-0.3, -0.25) is 0 Å². The molecule has 0 radical (unpaired) electrons. The Kier molecular flexibility index (Phi) is 2.10. The Balaban J connectivity index is 1.95. The topological polar surface area (TPSA) is 32.7 Å². The summed E-state index contributed by atoms with van der Waals surface area (Å²) >= 11 is 0. The number of rotatable bonds is 2. The minimum atomic E-state index is -0.903. The van der Waals surface area contributed by atoms with Crippen LogP contribution in [0.2, 0.25) is 0 Å². The van der Waals surface area contributed by atoms with E-state index in [0.29, 0.717) is 12.6 Å². The van der Waals surface area contributed by atoms with Gasteiger partial charge in [0.15, 0.2) is 0 Å².